The number of nitrogens with one attached hydrogen (secondary N) is 1. The maximum absolute atomic E-state index is 12.4. The molecule has 110 valence electrons. The fraction of sp³-hybridized carbons (Fsp3) is 0.500. The molecule has 1 amide bonds. The molecule has 4 nitrogen and oxygen atoms in total. The molecule has 3 fully saturated rings. The van der Waals surface area contributed by atoms with Crippen LogP contribution in [0.15, 0.2) is 22.7 Å². The molecular formula is C16H16BrNO3. The number of carboxylic acid groups (broad SMARTS) is 1. The second kappa shape index (κ2) is 4.57. The predicted octanol–water partition coefficient (Wildman–Crippen LogP) is 3.38. The highest BCUT2D eigenvalue weighted by atomic mass is 79.9. The Balaban J connectivity index is 1.50. The summed E-state index contributed by atoms with van der Waals surface area (Å²) in [6, 6.07) is 4.79. The van der Waals surface area contributed by atoms with E-state index in [-0.39, 0.29) is 17.4 Å². The third-order valence-electron chi connectivity index (χ3n) is 5.45. The van der Waals surface area contributed by atoms with Crippen LogP contribution in [0.25, 0.3) is 0 Å². The summed E-state index contributed by atoms with van der Waals surface area (Å²) in [7, 11) is 0. The number of rotatable bonds is 3. The zero-order valence-electron chi connectivity index (χ0n) is 11.4. The number of carboxylic acids is 1. The van der Waals surface area contributed by atoms with E-state index >= 15 is 0 Å². The number of benzene rings is 1. The summed E-state index contributed by atoms with van der Waals surface area (Å²) in [5.41, 5.74) is 0.736. The third-order valence-corrected chi connectivity index (χ3v) is 5.91. The van der Waals surface area contributed by atoms with Crippen molar-refractivity contribution in [3.8, 4) is 0 Å². The second-order valence-electron chi connectivity index (χ2n) is 6.54. The first-order chi connectivity index (χ1) is 10.0. The summed E-state index contributed by atoms with van der Waals surface area (Å²) in [6.07, 6.45) is 3.89. The number of carbonyl (C=O) groups excluding carboxylic acids is 1. The van der Waals surface area contributed by atoms with Crippen molar-refractivity contribution in [2.75, 3.05) is 5.32 Å². The second-order valence-corrected chi connectivity index (χ2v) is 7.45. The van der Waals surface area contributed by atoms with Gasteiger partial charge in [-0.15, -0.1) is 0 Å². The van der Waals surface area contributed by atoms with Gasteiger partial charge >= 0.3 is 5.97 Å². The Morgan fingerprint density at radius 2 is 1.81 bits per heavy atom. The topological polar surface area (TPSA) is 66.4 Å². The lowest BCUT2D eigenvalue weighted by molar-refractivity contribution is -0.118. The zero-order valence-corrected chi connectivity index (χ0v) is 13.0. The number of halogens is 1. The van der Waals surface area contributed by atoms with E-state index in [1.807, 2.05) is 0 Å². The molecule has 3 saturated carbocycles. The van der Waals surface area contributed by atoms with Gasteiger partial charge < -0.3 is 10.4 Å². The monoisotopic (exact) mass is 349 g/mol. The molecule has 3 aliphatic rings. The number of carbonyl (C=O) groups is 2. The fourth-order valence-electron chi connectivity index (χ4n) is 4.69. The van der Waals surface area contributed by atoms with E-state index in [1.165, 1.54) is 31.4 Å². The van der Waals surface area contributed by atoms with Gasteiger partial charge in [-0.1, -0.05) is 15.9 Å². The lowest BCUT2D eigenvalue weighted by Gasteiger charge is -2.10. The van der Waals surface area contributed by atoms with E-state index in [2.05, 4.69) is 21.2 Å². The largest absolute Gasteiger partial charge is 0.478 e. The Morgan fingerprint density at radius 1 is 1.14 bits per heavy atom. The summed E-state index contributed by atoms with van der Waals surface area (Å²) < 4.78 is 0.661. The van der Waals surface area contributed by atoms with Gasteiger partial charge in [-0.05, 0) is 61.1 Å². The highest BCUT2D eigenvalue weighted by Gasteiger charge is 2.67. The number of anilines is 1. The first-order valence-corrected chi connectivity index (χ1v) is 8.18. The SMILES string of the molecule is O=C(O)c1cc(Br)cc(NC(=O)C2C3C4CCC(C4)C23)c1. The molecule has 1 aromatic carbocycles. The van der Waals surface area contributed by atoms with Crippen molar-refractivity contribution < 1.29 is 14.7 Å². The van der Waals surface area contributed by atoms with Gasteiger partial charge in [-0.2, -0.15) is 0 Å². The van der Waals surface area contributed by atoms with E-state index in [0.29, 0.717) is 22.0 Å². The van der Waals surface area contributed by atoms with Crippen molar-refractivity contribution in [2.24, 2.45) is 29.6 Å². The smallest absolute Gasteiger partial charge is 0.335 e. The quantitative estimate of drug-likeness (QED) is 0.878. The number of amides is 1. The van der Waals surface area contributed by atoms with Gasteiger partial charge in [0.15, 0.2) is 0 Å². The molecule has 4 unspecified atom stereocenters. The molecule has 1 aromatic rings. The van der Waals surface area contributed by atoms with Crippen molar-refractivity contribution in [3.05, 3.63) is 28.2 Å². The van der Waals surface area contributed by atoms with Gasteiger partial charge in [0.1, 0.15) is 0 Å². The van der Waals surface area contributed by atoms with Crippen LogP contribution in [-0.2, 0) is 4.79 Å². The number of hydrogen-bond donors (Lipinski definition) is 2. The van der Waals surface area contributed by atoms with Crippen molar-refractivity contribution >= 4 is 33.5 Å². The van der Waals surface area contributed by atoms with Crippen LogP contribution in [0.4, 0.5) is 5.69 Å². The molecular weight excluding hydrogens is 334 g/mol. The van der Waals surface area contributed by atoms with Crippen molar-refractivity contribution in [1.82, 2.24) is 0 Å². The molecule has 4 atom stereocenters. The summed E-state index contributed by atoms with van der Waals surface area (Å²) in [5, 5.41) is 12.0. The van der Waals surface area contributed by atoms with Gasteiger partial charge in [0.25, 0.3) is 0 Å². The molecule has 0 spiro atoms. The maximum atomic E-state index is 12.4. The van der Waals surface area contributed by atoms with Crippen LogP contribution in [-0.4, -0.2) is 17.0 Å². The van der Waals surface area contributed by atoms with Crippen LogP contribution >= 0.6 is 15.9 Å². The lowest BCUT2D eigenvalue weighted by Crippen LogP contribution is -2.18. The van der Waals surface area contributed by atoms with Crippen molar-refractivity contribution in [2.45, 2.75) is 19.3 Å². The molecule has 5 heteroatoms. The Kier molecular flexibility index (Phi) is 2.89. The van der Waals surface area contributed by atoms with E-state index in [4.69, 9.17) is 5.11 Å². The molecule has 2 N–H and O–H groups in total. The summed E-state index contributed by atoms with van der Waals surface area (Å²) in [6.45, 7) is 0. The van der Waals surface area contributed by atoms with Crippen molar-refractivity contribution in [3.63, 3.8) is 0 Å². The van der Waals surface area contributed by atoms with Gasteiger partial charge in [-0.3, -0.25) is 4.79 Å². The molecule has 0 saturated heterocycles. The normalized spacial score (nSPS) is 35.4. The summed E-state index contributed by atoms with van der Waals surface area (Å²) in [5.74, 6) is 1.93. The summed E-state index contributed by atoms with van der Waals surface area (Å²) in [4.78, 5) is 23.5. The molecule has 21 heavy (non-hydrogen) atoms. The first kappa shape index (κ1) is 13.3. The fourth-order valence-corrected chi connectivity index (χ4v) is 5.18. The van der Waals surface area contributed by atoms with Crippen LogP contribution in [0.2, 0.25) is 0 Å². The van der Waals surface area contributed by atoms with Crippen LogP contribution in [0, 0.1) is 29.6 Å². The highest BCUT2D eigenvalue weighted by molar-refractivity contribution is 9.10. The maximum Gasteiger partial charge on any atom is 0.335 e. The lowest BCUT2D eigenvalue weighted by atomic mass is 10.0. The van der Waals surface area contributed by atoms with Crippen molar-refractivity contribution in [1.29, 1.82) is 0 Å². The predicted molar refractivity (Wildman–Crippen MR) is 81.0 cm³/mol. The minimum Gasteiger partial charge on any atom is -0.478 e. The van der Waals surface area contributed by atoms with Crippen LogP contribution in [0.5, 0.6) is 0 Å². The molecule has 0 aliphatic heterocycles. The standard InChI is InChI=1S/C16H16BrNO3/c17-10-4-9(16(20)21)5-11(6-10)18-15(19)14-12-7-1-2-8(3-7)13(12)14/h4-8,12-14H,1-3H2,(H,18,19)(H,20,21). The molecule has 4 rings (SSSR count). The van der Waals surface area contributed by atoms with E-state index < -0.39 is 5.97 Å². The first-order valence-electron chi connectivity index (χ1n) is 7.39. The Bertz CT molecular complexity index is 628. The average Bonchev–Trinajstić information content (AvgIpc) is 2.87. The number of hydrogen-bond acceptors (Lipinski definition) is 2. The van der Waals surface area contributed by atoms with Crippen LogP contribution in [0.3, 0.4) is 0 Å². The molecule has 0 radical (unpaired) electrons. The van der Waals surface area contributed by atoms with E-state index in [1.54, 1.807) is 6.07 Å². The number of fused-ring (bicyclic) bond motifs is 5. The van der Waals surface area contributed by atoms with Gasteiger partial charge in [0.05, 0.1) is 5.56 Å². The van der Waals surface area contributed by atoms with E-state index in [9.17, 15) is 9.59 Å². The van der Waals surface area contributed by atoms with E-state index in [0.717, 1.165) is 11.8 Å². The van der Waals surface area contributed by atoms with Crippen LogP contribution < -0.4 is 5.32 Å². The Morgan fingerprint density at radius 3 is 2.43 bits per heavy atom. The summed E-state index contributed by atoms with van der Waals surface area (Å²) >= 11 is 3.29. The molecule has 2 bridgehead atoms. The van der Waals surface area contributed by atoms with Crippen LogP contribution in [0.1, 0.15) is 29.6 Å². The molecule has 3 aliphatic carbocycles. The minimum absolute atomic E-state index is 0.0658. The molecule has 0 aromatic heterocycles. The molecule has 0 heterocycles. The minimum atomic E-state index is -0.992. The Labute approximate surface area is 131 Å². The van der Waals surface area contributed by atoms with Gasteiger partial charge in [0.2, 0.25) is 5.91 Å². The zero-order chi connectivity index (χ0) is 14.7. The average molecular weight is 350 g/mol. The van der Waals surface area contributed by atoms with Gasteiger partial charge in [-0.25, -0.2) is 4.79 Å². The number of aromatic carboxylic acids is 1. The van der Waals surface area contributed by atoms with Gasteiger partial charge in [0, 0.05) is 16.1 Å². The Hall–Kier alpha value is -1.36. The third kappa shape index (κ3) is 2.09. The highest BCUT2D eigenvalue weighted by Crippen LogP contribution is 2.69.